The summed E-state index contributed by atoms with van der Waals surface area (Å²) in [5, 5.41) is 0. The van der Waals surface area contributed by atoms with Crippen LogP contribution in [0, 0.1) is 6.42 Å². The maximum absolute atomic E-state index is 11.5. The van der Waals surface area contributed by atoms with Gasteiger partial charge in [0.05, 0.1) is 0 Å². The van der Waals surface area contributed by atoms with E-state index in [1.54, 1.807) is 0 Å². The fraction of sp³-hybridized carbons (Fsp3) is 0.750. The average Bonchev–Trinajstić information content (AvgIpc) is 1.61. The lowest BCUT2D eigenvalue weighted by molar-refractivity contribution is 0.127. The zero-order valence-electron chi connectivity index (χ0n) is 3.20. The van der Waals surface area contributed by atoms with Crippen LogP contribution in [0.2, 0.25) is 0 Å². The van der Waals surface area contributed by atoms with E-state index in [2.05, 4.69) is 0 Å². The molecule has 0 saturated heterocycles. The van der Waals surface area contributed by atoms with Crippen molar-refractivity contribution in [3.63, 3.8) is 0 Å². The Kier molecular flexibility index (Phi) is 0.787. The summed E-state index contributed by atoms with van der Waals surface area (Å²) in [6.45, 7) is 0. The summed E-state index contributed by atoms with van der Waals surface area (Å²) >= 11 is 0. The maximum Gasteiger partial charge on any atom is 0.134 e. The van der Waals surface area contributed by atoms with Gasteiger partial charge in [0.25, 0.3) is 0 Å². The van der Waals surface area contributed by atoms with Gasteiger partial charge in [0, 0.05) is 6.42 Å². The minimum atomic E-state index is -1.26. The molecular weight excluding hydrogens is 86.0 g/mol. The van der Waals surface area contributed by atoms with Gasteiger partial charge in [-0.2, -0.15) is 0 Å². The number of hydrogen-bond donors (Lipinski definition) is 0. The van der Waals surface area contributed by atoms with Crippen LogP contribution in [0.3, 0.4) is 0 Å². The second kappa shape index (κ2) is 1.17. The lowest BCUT2D eigenvalue weighted by Gasteiger charge is -2.21. The third-order valence-corrected chi connectivity index (χ3v) is 0.932. The first-order valence-electron chi connectivity index (χ1n) is 1.92. The molecule has 1 aliphatic carbocycles. The molecule has 0 aromatic carbocycles. The molecule has 35 valence electrons. The molecule has 0 nitrogen and oxygen atoms in total. The van der Waals surface area contributed by atoms with E-state index in [1.165, 1.54) is 6.42 Å². The minimum absolute atomic E-state index is 0.307. The molecule has 2 unspecified atom stereocenters. The zero-order chi connectivity index (χ0) is 4.57. The lowest BCUT2D eigenvalue weighted by atomic mass is 9.96. The molecule has 0 N–H and O–H groups in total. The SMILES string of the molecule is FC1[CH]CC1F. The number of hydrogen-bond acceptors (Lipinski definition) is 0. The molecule has 0 bridgehead atoms. The van der Waals surface area contributed by atoms with Gasteiger partial charge in [-0.3, -0.25) is 0 Å². The van der Waals surface area contributed by atoms with Crippen molar-refractivity contribution in [3.8, 4) is 0 Å². The lowest BCUT2D eigenvalue weighted by Crippen LogP contribution is -2.29. The van der Waals surface area contributed by atoms with E-state index in [9.17, 15) is 8.78 Å². The molecule has 1 radical (unpaired) electrons. The summed E-state index contributed by atoms with van der Waals surface area (Å²) in [7, 11) is 0. The molecule has 2 heteroatoms. The van der Waals surface area contributed by atoms with Gasteiger partial charge in [0.1, 0.15) is 12.3 Å². The molecular formula is C4H5F2. The van der Waals surface area contributed by atoms with Crippen LogP contribution in [0.1, 0.15) is 6.42 Å². The van der Waals surface area contributed by atoms with E-state index in [1.807, 2.05) is 0 Å². The molecule has 0 aromatic heterocycles. The van der Waals surface area contributed by atoms with Crippen LogP contribution < -0.4 is 0 Å². The van der Waals surface area contributed by atoms with Gasteiger partial charge in [-0.1, -0.05) is 0 Å². The van der Waals surface area contributed by atoms with Gasteiger partial charge in [-0.25, -0.2) is 8.78 Å². The molecule has 0 aromatic rings. The summed E-state index contributed by atoms with van der Waals surface area (Å²) in [5.41, 5.74) is 0. The van der Waals surface area contributed by atoms with Crippen molar-refractivity contribution in [1.82, 2.24) is 0 Å². The highest BCUT2D eigenvalue weighted by Gasteiger charge is 2.30. The van der Waals surface area contributed by atoms with Gasteiger partial charge in [-0.15, -0.1) is 0 Å². The second-order valence-electron chi connectivity index (χ2n) is 1.43. The van der Waals surface area contributed by atoms with Crippen LogP contribution in [0.4, 0.5) is 8.78 Å². The Hall–Kier alpha value is -0.140. The largest absolute Gasteiger partial charge is 0.244 e. The van der Waals surface area contributed by atoms with Gasteiger partial charge in [0.2, 0.25) is 0 Å². The highest BCUT2D eigenvalue weighted by Crippen LogP contribution is 2.24. The minimum Gasteiger partial charge on any atom is -0.244 e. The van der Waals surface area contributed by atoms with Crippen molar-refractivity contribution in [1.29, 1.82) is 0 Å². The Morgan fingerprint density at radius 1 is 1.50 bits per heavy atom. The van der Waals surface area contributed by atoms with Crippen LogP contribution in [-0.4, -0.2) is 12.3 Å². The van der Waals surface area contributed by atoms with E-state index < -0.39 is 12.3 Å². The number of alkyl halides is 2. The van der Waals surface area contributed by atoms with Gasteiger partial charge in [0.15, 0.2) is 0 Å². The Bertz CT molecular complexity index is 45.5. The normalized spacial score (nSPS) is 45.0. The summed E-state index contributed by atoms with van der Waals surface area (Å²) < 4.78 is 23.0. The molecule has 1 aliphatic rings. The van der Waals surface area contributed by atoms with Crippen LogP contribution in [0.5, 0.6) is 0 Å². The number of rotatable bonds is 0. The van der Waals surface area contributed by atoms with Crippen molar-refractivity contribution in [2.45, 2.75) is 18.8 Å². The third kappa shape index (κ3) is 0.402. The highest BCUT2D eigenvalue weighted by molar-refractivity contribution is 4.96. The van der Waals surface area contributed by atoms with E-state index in [4.69, 9.17) is 0 Å². The van der Waals surface area contributed by atoms with Crippen molar-refractivity contribution in [2.75, 3.05) is 0 Å². The third-order valence-electron chi connectivity index (χ3n) is 0.932. The topological polar surface area (TPSA) is 0 Å². The standard InChI is InChI=1S/C4H5F2/c5-3-1-2-4(3)6/h1,3-4H,2H2. The molecule has 2 atom stereocenters. The van der Waals surface area contributed by atoms with Gasteiger partial charge >= 0.3 is 0 Å². The quantitative estimate of drug-likeness (QED) is 0.421. The predicted octanol–water partition coefficient (Wildman–Crippen LogP) is 1.27. The summed E-state index contributed by atoms with van der Waals surface area (Å²) in [4.78, 5) is 0. The van der Waals surface area contributed by atoms with Gasteiger partial charge in [-0.05, 0) is 6.42 Å². The fourth-order valence-electron chi connectivity index (χ4n) is 0.342. The summed E-state index contributed by atoms with van der Waals surface area (Å²) in [5.74, 6) is 0. The first-order valence-corrected chi connectivity index (χ1v) is 1.92. The second-order valence-corrected chi connectivity index (χ2v) is 1.43. The average molecular weight is 91.1 g/mol. The first-order chi connectivity index (χ1) is 2.80. The van der Waals surface area contributed by atoms with Gasteiger partial charge < -0.3 is 0 Å². The molecule has 1 saturated carbocycles. The van der Waals surface area contributed by atoms with Crippen molar-refractivity contribution >= 4 is 0 Å². The summed E-state index contributed by atoms with van der Waals surface area (Å²) in [6, 6.07) is 0. The van der Waals surface area contributed by atoms with Crippen molar-refractivity contribution in [3.05, 3.63) is 6.42 Å². The van der Waals surface area contributed by atoms with E-state index in [0.29, 0.717) is 6.42 Å². The molecule has 0 spiro atoms. The molecule has 0 heterocycles. The molecule has 0 aliphatic heterocycles. The Labute approximate surface area is 35.2 Å². The maximum atomic E-state index is 11.5. The fourth-order valence-corrected chi connectivity index (χ4v) is 0.342. The van der Waals surface area contributed by atoms with E-state index >= 15 is 0 Å². The van der Waals surface area contributed by atoms with E-state index in [0.717, 1.165) is 0 Å². The van der Waals surface area contributed by atoms with Crippen LogP contribution in [0.25, 0.3) is 0 Å². The monoisotopic (exact) mass is 91.0 g/mol. The Morgan fingerprint density at radius 3 is 2.00 bits per heavy atom. The van der Waals surface area contributed by atoms with Crippen LogP contribution in [0.15, 0.2) is 0 Å². The Morgan fingerprint density at radius 2 is 2.00 bits per heavy atom. The molecule has 1 fully saturated rings. The smallest absolute Gasteiger partial charge is 0.134 e. The Balaban J connectivity index is 2.20. The first kappa shape index (κ1) is 4.03. The zero-order valence-corrected chi connectivity index (χ0v) is 3.20. The van der Waals surface area contributed by atoms with Crippen LogP contribution in [-0.2, 0) is 0 Å². The predicted molar refractivity (Wildman–Crippen MR) is 18.7 cm³/mol. The van der Waals surface area contributed by atoms with Crippen molar-refractivity contribution < 1.29 is 8.78 Å². The van der Waals surface area contributed by atoms with E-state index in [-0.39, 0.29) is 0 Å². The summed E-state index contributed by atoms with van der Waals surface area (Å²) in [6.07, 6.45) is -0.818. The van der Waals surface area contributed by atoms with Crippen molar-refractivity contribution in [2.24, 2.45) is 0 Å². The molecule has 1 rings (SSSR count). The van der Waals surface area contributed by atoms with Crippen LogP contribution >= 0.6 is 0 Å². The highest BCUT2D eigenvalue weighted by atomic mass is 19.2. The molecule has 0 amide bonds. The number of halogens is 2. The molecule has 6 heavy (non-hydrogen) atoms.